The Kier molecular flexibility index (Phi) is 8.11. The first-order chi connectivity index (χ1) is 8.01. The summed E-state index contributed by atoms with van der Waals surface area (Å²) in [7, 11) is 0. The van der Waals surface area contributed by atoms with Gasteiger partial charge < -0.3 is 9.84 Å². The standard InChI is InChI=1S/C13H22O4/c1-4-6-7-11(5-2)9-17-13(16)10(3)8-12(14)15/h8,11H,4-7,9H2,1-3H3,(H,14,15). The molecule has 4 heteroatoms. The molecule has 0 spiro atoms. The van der Waals surface area contributed by atoms with E-state index in [4.69, 9.17) is 9.84 Å². The maximum atomic E-state index is 11.4. The fourth-order valence-electron chi connectivity index (χ4n) is 1.45. The van der Waals surface area contributed by atoms with E-state index in [0.717, 1.165) is 31.8 Å². The van der Waals surface area contributed by atoms with E-state index < -0.39 is 11.9 Å². The number of esters is 1. The second-order valence-corrected chi connectivity index (χ2v) is 4.18. The molecule has 0 rings (SSSR count). The second-order valence-electron chi connectivity index (χ2n) is 4.18. The number of ether oxygens (including phenoxy) is 1. The van der Waals surface area contributed by atoms with Gasteiger partial charge in [0.25, 0.3) is 0 Å². The van der Waals surface area contributed by atoms with Crippen LogP contribution in [-0.2, 0) is 14.3 Å². The lowest BCUT2D eigenvalue weighted by Crippen LogP contribution is -2.15. The monoisotopic (exact) mass is 242 g/mol. The SMILES string of the molecule is CCCCC(CC)COC(=O)C(C)=CC(=O)O. The van der Waals surface area contributed by atoms with Crippen molar-refractivity contribution >= 4 is 11.9 Å². The molecule has 0 bridgehead atoms. The van der Waals surface area contributed by atoms with E-state index in [2.05, 4.69) is 13.8 Å². The predicted octanol–water partition coefficient (Wildman–Crippen LogP) is 2.78. The van der Waals surface area contributed by atoms with Crippen molar-refractivity contribution in [3.8, 4) is 0 Å². The Balaban J connectivity index is 4.08. The number of carbonyl (C=O) groups excluding carboxylic acids is 1. The summed E-state index contributed by atoms with van der Waals surface area (Å²) >= 11 is 0. The lowest BCUT2D eigenvalue weighted by atomic mass is 10.0. The lowest BCUT2D eigenvalue weighted by molar-refractivity contribution is -0.141. The van der Waals surface area contributed by atoms with Gasteiger partial charge in [0.15, 0.2) is 0 Å². The highest BCUT2D eigenvalue weighted by atomic mass is 16.5. The predicted molar refractivity (Wildman–Crippen MR) is 65.7 cm³/mol. The van der Waals surface area contributed by atoms with E-state index in [1.807, 2.05) is 0 Å². The van der Waals surface area contributed by atoms with Crippen molar-refractivity contribution in [2.75, 3.05) is 6.61 Å². The first-order valence-electron chi connectivity index (χ1n) is 6.09. The van der Waals surface area contributed by atoms with E-state index in [9.17, 15) is 9.59 Å². The zero-order valence-electron chi connectivity index (χ0n) is 10.9. The quantitative estimate of drug-likeness (QED) is 0.525. The summed E-state index contributed by atoms with van der Waals surface area (Å²) in [6.45, 7) is 6.01. The Morgan fingerprint density at radius 2 is 2.00 bits per heavy atom. The molecule has 0 radical (unpaired) electrons. The van der Waals surface area contributed by atoms with Crippen LogP contribution in [0, 0.1) is 5.92 Å². The molecule has 0 saturated heterocycles. The minimum Gasteiger partial charge on any atom is -0.478 e. The maximum absolute atomic E-state index is 11.4. The van der Waals surface area contributed by atoms with Gasteiger partial charge in [-0.2, -0.15) is 0 Å². The molecular formula is C13H22O4. The van der Waals surface area contributed by atoms with Crippen molar-refractivity contribution < 1.29 is 19.4 Å². The average molecular weight is 242 g/mol. The summed E-state index contributed by atoms with van der Waals surface area (Å²) in [5.74, 6) is -1.30. The fraction of sp³-hybridized carbons (Fsp3) is 0.692. The van der Waals surface area contributed by atoms with Gasteiger partial charge in [0.05, 0.1) is 6.61 Å². The molecule has 0 aromatic heterocycles. The topological polar surface area (TPSA) is 63.6 Å². The summed E-state index contributed by atoms with van der Waals surface area (Å²) in [4.78, 5) is 21.8. The molecule has 0 aromatic carbocycles. The highest BCUT2D eigenvalue weighted by Gasteiger charge is 2.12. The highest BCUT2D eigenvalue weighted by Crippen LogP contribution is 2.13. The summed E-state index contributed by atoms with van der Waals surface area (Å²) in [6, 6.07) is 0. The number of carbonyl (C=O) groups is 2. The van der Waals surface area contributed by atoms with Crippen LogP contribution in [0.15, 0.2) is 11.6 Å². The minimum atomic E-state index is -1.13. The number of hydrogen-bond donors (Lipinski definition) is 1. The van der Waals surface area contributed by atoms with Gasteiger partial charge in [-0.15, -0.1) is 0 Å². The highest BCUT2D eigenvalue weighted by molar-refractivity contribution is 5.95. The number of hydrogen-bond acceptors (Lipinski definition) is 3. The molecule has 1 unspecified atom stereocenters. The molecule has 0 aromatic rings. The molecule has 0 aliphatic carbocycles. The van der Waals surface area contributed by atoms with Crippen LogP contribution in [0.5, 0.6) is 0 Å². The van der Waals surface area contributed by atoms with E-state index in [0.29, 0.717) is 12.5 Å². The van der Waals surface area contributed by atoms with E-state index in [-0.39, 0.29) is 5.57 Å². The first-order valence-corrected chi connectivity index (χ1v) is 6.09. The Hall–Kier alpha value is -1.32. The largest absolute Gasteiger partial charge is 0.478 e. The van der Waals surface area contributed by atoms with Gasteiger partial charge in [0.1, 0.15) is 0 Å². The van der Waals surface area contributed by atoms with Crippen LogP contribution in [0.4, 0.5) is 0 Å². The molecule has 0 heterocycles. The maximum Gasteiger partial charge on any atom is 0.333 e. The fourth-order valence-corrected chi connectivity index (χ4v) is 1.45. The van der Waals surface area contributed by atoms with Crippen LogP contribution < -0.4 is 0 Å². The summed E-state index contributed by atoms with van der Waals surface area (Å²) in [5, 5.41) is 8.49. The van der Waals surface area contributed by atoms with E-state index in [1.165, 1.54) is 6.92 Å². The molecule has 0 aliphatic heterocycles. The smallest absolute Gasteiger partial charge is 0.333 e. The Bertz CT molecular complexity index is 281. The van der Waals surface area contributed by atoms with Crippen molar-refractivity contribution in [2.24, 2.45) is 5.92 Å². The van der Waals surface area contributed by atoms with Crippen molar-refractivity contribution in [3.05, 3.63) is 11.6 Å². The number of carboxylic acid groups (broad SMARTS) is 1. The summed E-state index contributed by atoms with van der Waals surface area (Å²) in [6.07, 6.45) is 5.13. The number of unbranched alkanes of at least 4 members (excludes halogenated alkanes) is 1. The van der Waals surface area contributed by atoms with Gasteiger partial charge in [0.2, 0.25) is 0 Å². The van der Waals surface area contributed by atoms with Crippen LogP contribution in [0.3, 0.4) is 0 Å². The third kappa shape index (κ3) is 7.55. The van der Waals surface area contributed by atoms with Gasteiger partial charge in [0, 0.05) is 11.6 Å². The number of rotatable bonds is 8. The molecule has 0 aliphatic rings. The number of carboxylic acids is 1. The second kappa shape index (κ2) is 8.79. The summed E-state index contributed by atoms with van der Waals surface area (Å²) in [5.41, 5.74) is 0.128. The third-order valence-corrected chi connectivity index (χ3v) is 2.66. The molecule has 0 amide bonds. The Labute approximate surface area is 103 Å². The van der Waals surface area contributed by atoms with Crippen LogP contribution in [-0.4, -0.2) is 23.7 Å². The normalized spacial score (nSPS) is 13.2. The molecule has 98 valence electrons. The zero-order chi connectivity index (χ0) is 13.3. The van der Waals surface area contributed by atoms with Crippen molar-refractivity contribution in [1.29, 1.82) is 0 Å². The van der Waals surface area contributed by atoms with Crippen molar-refractivity contribution in [3.63, 3.8) is 0 Å². The van der Waals surface area contributed by atoms with Gasteiger partial charge in [-0.1, -0.05) is 33.1 Å². The zero-order valence-corrected chi connectivity index (χ0v) is 10.9. The Morgan fingerprint density at radius 1 is 1.35 bits per heavy atom. The first kappa shape index (κ1) is 15.7. The van der Waals surface area contributed by atoms with Crippen LogP contribution >= 0.6 is 0 Å². The van der Waals surface area contributed by atoms with Crippen molar-refractivity contribution in [1.82, 2.24) is 0 Å². The van der Waals surface area contributed by atoms with E-state index in [1.54, 1.807) is 0 Å². The molecule has 1 atom stereocenters. The third-order valence-electron chi connectivity index (χ3n) is 2.66. The van der Waals surface area contributed by atoms with Gasteiger partial charge in [-0.3, -0.25) is 0 Å². The Morgan fingerprint density at radius 3 is 2.47 bits per heavy atom. The van der Waals surface area contributed by atoms with Gasteiger partial charge >= 0.3 is 11.9 Å². The van der Waals surface area contributed by atoms with Crippen LogP contribution in [0.25, 0.3) is 0 Å². The lowest BCUT2D eigenvalue weighted by Gasteiger charge is -2.14. The minimum absolute atomic E-state index is 0.128. The molecule has 4 nitrogen and oxygen atoms in total. The molecular weight excluding hydrogens is 220 g/mol. The molecule has 0 saturated carbocycles. The average Bonchev–Trinajstić information content (AvgIpc) is 2.28. The number of aliphatic carboxylic acids is 1. The van der Waals surface area contributed by atoms with Crippen LogP contribution in [0.1, 0.15) is 46.5 Å². The van der Waals surface area contributed by atoms with Crippen LogP contribution in [0.2, 0.25) is 0 Å². The summed E-state index contributed by atoms with van der Waals surface area (Å²) < 4.78 is 5.08. The van der Waals surface area contributed by atoms with Gasteiger partial charge in [-0.05, 0) is 19.3 Å². The molecule has 0 fully saturated rings. The van der Waals surface area contributed by atoms with Gasteiger partial charge in [-0.25, -0.2) is 9.59 Å². The van der Waals surface area contributed by atoms with E-state index >= 15 is 0 Å². The molecule has 1 N–H and O–H groups in total. The van der Waals surface area contributed by atoms with Crippen molar-refractivity contribution in [2.45, 2.75) is 46.5 Å². The molecule has 17 heavy (non-hydrogen) atoms.